The number of benzene rings is 1. The molecule has 0 aliphatic carbocycles. The number of nitrogens with zero attached hydrogens (tertiary/aromatic N) is 1. The number of imide groups is 1. The van der Waals surface area contributed by atoms with Crippen LogP contribution in [0.4, 0.5) is 10.5 Å². The van der Waals surface area contributed by atoms with Crippen molar-refractivity contribution in [3.05, 3.63) is 27.7 Å². The highest BCUT2D eigenvalue weighted by Gasteiger charge is 2.25. The summed E-state index contributed by atoms with van der Waals surface area (Å²) in [6.45, 7) is 2.72. The Hall–Kier alpha value is -1.46. The average molecular weight is 302 g/mol. The molecule has 1 aromatic carbocycles. The highest BCUT2D eigenvalue weighted by atomic mass is 35.5. The average Bonchev–Trinajstić information content (AvgIpc) is 2.78. The van der Waals surface area contributed by atoms with Gasteiger partial charge in [0.25, 0.3) is 0 Å². The molecule has 0 spiro atoms. The van der Waals surface area contributed by atoms with E-state index in [1.165, 1.54) is 0 Å². The Morgan fingerprint density at radius 3 is 2.79 bits per heavy atom. The van der Waals surface area contributed by atoms with Crippen LogP contribution in [0.3, 0.4) is 0 Å². The van der Waals surface area contributed by atoms with Gasteiger partial charge in [0.1, 0.15) is 0 Å². The Morgan fingerprint density at radius 2 is 2.16 bits per heavy atom. The molecule has 0 atom stereocenters. The maximum absolute atomic E-state index is 11.8. The Bertz CT molecular complexity index is 534. The van der Waals surface area contributed by atoms with Gasteiger partial charge in [-0.25, -0.2) is 4.79 Å². The second-order valence-electron chi connectivity index (χ2n) is 4.21. The summed E-state index contributed by atoms with van der Waals surface area (Å²) in [6, 6.07) is 3.02. The summed E-state index contributed by atoms with van der Waals surface area (Å²) >= 11 is 12.0. The number of carbonyl (C=O) groups excluding carboxylic acids is 2. The fraction of sp³-hybridized carbons (Fsp3) is 0.333. The van der Waals surface area contributed by atoms with Crippen molar-refractivity contribution in [3.8, 4) is 0 Å². The standard InChI is InChI=1S/C12H13Cl2N3O2/c1-7-4-9(14)10(5-8(7)13)16-6-11(18)17-3-2-15-12(17)19/h4-5,16H,2-3,6H2,1H3,(H,15,19). The monoisotopic (exact) mass is 301 g/mol. The molecule has 0 radical (unpaired) electrons. The van der Waals surface area contributed by atoms with Gasteiger partial charge in [-0.3, -0.25) is 9.69 Å². The first-order valence-corrected chi connectivity index (χ1v) is 6.52. The minimum Gasteiger partial charge on any atom is -0.375 e. The van der Waals surface area contributed by atoms with Gasteiger partial charge in [-0.1, -0.05) is 23.2 Å². The summed E-state index contributed by atoms with van der Waals surface area (Å²) in [7, 11) is 0. The van der Waals surface area contributed by atoms with Crippen LogP contribution in [-0.2, 0) is 4.79 Å². The summed E-state index contributed by atoms with van der Waals surface area (Å²) in [5.74, 6) is -0.303. The molecule has 1 aliphatic rings. The van der Waals surface area contributed by atoms with Crippen LogP contribution in [-0.4, -0.2) is 36.5 Å². The van der Waals surface area contributed by atoms with Crippen molar-refractivity contribution in [2.75, 3.05) is 25.0 Å². The second-order valence-corrected chi connectivity index (χ2v) is 5.03. The number of urea groups is 1. The van der Waals surface area contributed by atoms with Crippen molar-refractivity contribution in [2.24, 2.45) is 0 Å². The molecule has 0 unspecified atom stereocenters. The van der Waals surface area contributed by atoms with Crippen LogP contribution in [0, 0.1) is 6.92 Å². The lowest BCUT2D eigenvalue weighted by Gasteiger charge is -2.14. The Balaban J connectivity index is 2.01. The van der Waals surface area contributed by atoms with Gasteiger partial charge in [0.05, 0.1) is 17.3 Å². The Labute approximate surface area is 120 Å². The van der Waals surface area contributed by atoms with E-state index in [-0.39, 0.29) is 18.5 Å². The number of hydrogen-bond acceptors (Lipinski definition) is 3. The Morgan fingerprint density at radius 1 is 1.42 bits per heavy atom. The molecule has 0 aromatic heterocycles. The van der Waals surface area contributed by atoms with E-state index in [1.807, 2.05) is 6.92 Å². The third kappa shape index (κ3) is 3.11. The zero-order chi connectivity index (χ0) is 14.0. The number of nitrogens with one attached hydrogen (secondary N) is 2. The van der Waals surface area contributed by atoms with Crippen molar-refractivity contribution < 1.29 is 9.59 Å². The minimum atomic E-state index is -0.361. The molecule has 7 heteroatoms. The molecular formula is C12H13Cl2N3O2. The van der Waals surface area contributed by atoms with E-state index in [0.717, 1.165) is 10.5 Å². The number of aryl methyl sites for hydroxylation is 1. The fourth-order valence-corrected chi connectivity index (χ4v) is 2.21. The van der Waals surface area contributed by atoms with Gasteiger partial charge < -0.3 is 10.6 Å². The van der Waals surface area contributed by atoms with Gasteiger partial charge in [0.15, 0.2) is 0 Å². The number of carbonyl (C=O) groups is 2. The zero-order valence-electron chi connectivity index (χ0n) is 10.3. The highest BCUT2D eigenvalue weighted by Crippen LogP contribution is 2.28. The maximum atomic E-state index is 11.8. The lowest BCUT2D eigenvalue weighted by molar-refractivity contribution is -0.125. The molecule has 1 aromatic rings. The summed E-state index contributed by atoms with van der Waals surface area (Å²) in [5.41, 5.74) is 1.44. The first-order chi connectivity index (χ1) is 8.99. The predicted octanol–water partition coefficient (Wildman–Crippen LogP) is 2.27. The number of anilines is 1. The molecule has 1 fully saturated rings. The van der Waals surface area contributed by atoms with Gasteiger partial charge in [-0.15, -0.1) is 0 Å². The van der Waals surface area contributed by atoms with Crippen LogP contribution in [0.25, 0.3) is 0 Å². The van der Waals surface area contributed by atoms with Gasteiger partial charge in [-0.2, -0.15) is 0 Å². The van der Waals surface area contributed by atoms with Crippen LogP contribution in [0.15, 0.2) is 12.1 Å². The van der Waals surface area contributed by atoms with Crippen LogP contribution in [0.1, 0.15) is 5.56 Å². The molecule has 3 amide bonds. The quantitative estimate of drug-likeness (QED) is 0.900. The third-order valence-electron chi connectivity index (χ3n) is 2.84. The molecule has 5 nitrogen and oxygen atoms in total. The van der Waals surface area contributed by atoms with E-state index >= 15 is 0 Å². The smallest absolute Gasteiger partial charge is 0.324 e. The topological polar surface area (TPSA) is 61.4 Å². The van der Waals surface area contributed by atoms with E-state index < -0.39 is 0 Å². The molecule has 2 rings (SSSR count). The molecule has 1 heterocycles. The van der Waals surface area contributed by atoms with E-state index in [0.29, 0.717) is 28.8 Å². The zero-order valence-corrected chi connectivity index (χ0v) is 11.8. The first-order valence-electron chi connectivity index (χ1n) is 5.77. The predicted molar refractivity (Wildman–Crippen MR) is 74.8 cm³/mol. The normalized spacial score (nSPS) is 14.5. The molecule has 1 saturated heterocycles. The lowest BCUT2D eigenvalue weighted by atomic mass is 10.2. The van der Waals surface area contributed by atoms with Crippen molar-refractivity contribution in [1.29, 1.82) is 0 Å². The summed E-state index contributed by atoms with van der Waals surface area (Å²) < 4.78 is 0. The maximum Gasteiger partial charge on any atom is 0.324 e. The highest BCUT2D eigenvalue weighted by molar-refractivity contribution is 6.35. The Kier molecular flexibility index (Phi) is 4.17. The molecule has 1 aliphatic heterocycles. The molecule has 0 bridgehead atoms. The van der Waals surface area contributed by atoms with Crippen LogP contribution in [0.5, 0.6) is 0 Å². The van der Waals surface area contributed by atoms with Gasteiger partial charge in [-0.05, 0) is 24.6 Å². The summed E-state index contributed by atoms with van der Waals surface area (Å²) in [5, 5.41) is 6.51. The lowest BCUT2D eigenvalue weighted by Crippen LogP contribution is -2.38. The van der Waals surface area contributed by atoms with Crippen LogP contribution < -0.4 is 10.6 Å². The number of halogens is 2. The summed E-state index contributed by atoms with van der Waals surface area (Å²) in [4.78, 5) is 24.3. The van der Waals surface area contributed by atoms with Crippen molar-refractivity contribution in [1.82, 2.24) is 10.2 Å². The van der Waals surface area contributed by atoms with Crippen LogP contribution in [0.2, 0.25) is 10.0 Å². The molecule has 0 saturated carbocycles. The van der Waals surface area contributed by atoms with E-state index in [2.05, 4.69) is 10.6 Å². The third-order valence-corrected chi connectivity index (χ3v) is 3.56. The van der Waals surface area contributed by atoms with E-state index in [9.17, 15) is 9.59 Å². The van der Waals surface area contributed by atoms with Gasteiger partial charge in [0.2, 0.25) is 5.91 Å². The molecule has 19 heavy (non-hydrogen) atoms. The van der Waals surface area contributed by atoms with Crippen LogP contribution >= 0.6 is 23.2 Å². The molecular weight excluding hydrogens is 289 g/mol. The second kappa shape index (κ2) is 5.67. The number of hydrogen-bond donors (Lipinski definition) is 2. The fourth-order valence-electron chi connectivity index (χ4n) is 1.76. The molecule has 102 valence electrons. The van der Waals surface area contributed by atoms with Crippen molar-refractivity contribution in [2.45, 2.75) is 6.92 Å². The van der Waals surface area contributed by atoms with E-state index in [1.54, 1.807) is 12.1 Å². The summed E-state index contributed by atoms with van der Waals surface area (Å²) in [6.07, 6.45) is 0. The van der Waals surface area contributed by atoms with E-state index in [4.69, 9.17) is 23.2 Å². The number of rotatable bonds is 3. The largest absolute Gasteiger partial charge is 0.375 e. The SMILES string of the molecule is Cc1cc(Cl)c(NCC(=O)N2CCNC2=O)cc1Cl. The molecule has 2 N–H and O–H groups in total. The van der Waals surface area contributed by atoms with Gasteiger partial charge >= 0.3 is 6.03 Å². The van der Waals surface area contributed by atoms with Crippen molar-refractivity contribution >= 4 is 40.8 Å². The van der Waals surface area contributed by atoms with Crippen molar-refractivity contribution in [3.63, 3.8) is 0 Å². The first kappa shape index (κ1) is 14.0. The minimum absolute atomic E-state index is 0.00741. The van der Waals surface area contributed by atoms with Gasteiger partial charge in [0, 0.05) is 18.1 Å². The number of amides is 3.